The maximum atomic E-state index is 6.15. The van der Waals surface area contributed by atoms with E-state index in [1.807, 2.05) is 0 Å². The van der Waals surface area contributed by atoms with E-state index in [1.54, 1.807) is 0 Å². The van der Waals surface area contributed by atoms with E-state index in [0.717, 1.165) is 24.6 Å². The molecular formula is C19H23NO. The molecule has 1 aliphatic carbocycles. The zero-order valence-corrected chi connectivity index (χ0v) is 12.9. The topological polar surface area (TPSA) is 21.3 Å². The normalized spacial score (nSPS) is 13.2. The number of ether oxygens (including phenoxy) is 1. The summed E-state index contributed by atoms with van der Waals surface area (Å²) in [7, 11) is 0. The SMILES string of the molecule is CCNCc1cc(C)ccc1Oc1ccc2c(c1)CCC2. The average molecular weight is 281 g/mol. The Hall–Kier alpha value is -1.80. The number of fused-ring (bicyclic) bond motifs is 1. The molecule has 0 heterocycles. The van der Waals surface area contributed by atoms with Gasteiger partial charge in [0, 0.05) is 12.1 Å². The van der Waals surface area contributed by atoms with Gasteiger partial charge >= 0.3 is 0 Å². The molecule has 2 aromatic carbocycles. The van der Waals surface area contributed by atoms with Crippen LogP contribution in [-0.2, 0) is 19.4 Å². The van der Waals surface area contributed by atoms with Gasteiger partial charge in [0.2, 0.25) is 0 Å². The Morgan fingerprint density at radius 3 is 2.76 bits per heavy atom. The van der Waals surface area contributed by atoms with Crippen LogP contribution in [0.2, 0.25) is 0 Å². The number of hydrogen-bond acceptors (Lipinski definition) is 2. The molecule has 0 aromatic heterocycles. The van der Waals surface area contributed by atoms with Crippen LogP contribution in [0.3, 0.4) is 0 Å². The number of hydrogen-bond donors (Lipinski definition) is 1. The van der Waals surface area contributed by atoms with Crippen molar-refractivity contribution in [1.29, 1.82) is 0 Å². The molecule has 0 saturated heterocycles. The minimum Gasteiger partial charge on any atom is -0.457 e. The van der Waals surface area contributed by atoms with Crippen molar-refractivity contribution in [2.24, 2.45) is 0 Å². The standard InChI is InChI=1S/C19H23NO/c1-3-20-13-17-11-14(2)7-10-19(17)21-18-9-8-15-5-4-6-16(15)12-18/h7-12,20H,3-6,13H2,1-2H3. The molecule has 1 aliphatic rings. The van der Waals surface area contributed by atoms with Crippen LogP contribution in [0.25, 0.3) is 0 Å². The molecule has 0 fully saturated rings. The predicted octanol–water partition coefficient (Wildman–Crippen LogP) is 4.39. The van der Waals surface area contributed by atoms with Gasteiger partial charge in [-0.15, -0.1) is 0 Å². The van der Waals surface area contributed by atoms with E-state index in [-0.39, 0.29) is 0 Å². The first-order valence-electron chi connectivity index (χ1n) is 7.86. The Bertz CT molecular complexity index is 633. The minimum atomic E-state index is 0.846. The lowest BCUT2D eigenvalue weighted by Crippen LogP contribution is -2.12. The molecule has 2 nitrogen and oxygen atoms in total. The molecule has 0 radical (unpaired) electrons. The minimum absolute atomic E-state index is 0.846. The van der Waals surface area contributed by atoms with E-state index in [2.05, 4.69) is 55.6 Å². The number of benzene rings is 2. The highest BCUT2D eigenvalue weighted by molar-refractivity contribution is 5.43. The Labute approximate surface area is 127 Å². The first-order valence-corrected chi connectivity index (χ1v) is 7.86. The van der Waals surface area contributed by atoms with Crippen LogP contribution < -0.4 is 10.1 Å². The van der Waals surface area contributed by atoms with Gasteiger partial charge in [-0.25, -0.2) is 0 Å². The van der Waals surface area contributed by atoms with Gasteiger partial charge in [-0.05, 0) is 62.1 Å². The number of aryl methyl sites for hydroxylation is 3. The van der Waals surface area contributed by atoms with Crippen LogP contribution in [-0.4, -0.2) is 6.54 Å². The summed E-state index contributed by atoms with van der Waals surface area (Å²) in [5, 5.41) is 3.38. The van der Waals surface area contributed by atoms with Gasteiger partial charge in [-0.3, -0.25) is 0 Å². The molecular weight excluding hydrogens is 258 g/mol. The molecule has 0 unspecified atom stereocenters. The van der Waals surface area contributed by atoms with Gasteiger partial charge in [-0.2, -0.15) is 0 Å². The zero-order valence-electron chi connectivity index (χ0n) is 12.9. The van der Waals surface area contributed by atoms with Crippen molar-refractivity contribution in [2.75, 3.05) is 6.54 Å². The molecule has 3 rings (SSSR count). The lowest BCUT2D eigenvalue weighted by atomic mass is 10.1. The van der Waals surface area contributed by atoms with Crippen LogP contribution in [0.5, 0.6) is 11.5 Å². The van der Waals surface area contributed by atoms with Gasteiger partial charge < -0.3 is 10.1 Å². The Balaban J connectivity index is 1.83. The van der Waals surface area contributed by atoms with Gasteiger partial charge in [0.05, 0.1) is 0 Å². The van der Waals surface area contributed by atoms with Gasteiger partial charge in [0.1, 0.15) is 11.5 Å². The lowest BCUT2D eigenvalue weighted by Gasteiger charge is -2.13. The fourth-order valence-corrected chi connectivity index (χ4v) is 2.94. The van der Waals surface area contributed by atoms with Gasteiger partial charge in [0.25, 0.3) is 0 Å². The van der Waals surface area contributed by atoms with Crippen LogP contribution in [0, 0.1) is 6.92 Å². The Morgan fingerprint density at radius 2 is 1.90 bits per heavy atom. The van der Waals surface area contributed by atoms with E-state index < -0.39 is 0 Å². The maximum Gasteiger partial charge on any atom is 0.131 e. The summed E-state index contributed by atoms with van der Waals surface area (Å²) in [6, 6.07) is 12.9. The zero-order chi connectivity index (χ0) is 14.7. The number of nitrogens with one attached hydrogen (secondary N) is 1. The molecule has 0 aliphatic heterocycles. The third-order valence-corrected chi connectivity index (χ3v) is 4.08. The van der Waals surface area contributed by atoms with Crippen molar-refractivity contribution in [3.8, 4) is 11.5 Å². The fraction of sp³-hybridized carbons (Fsp3) is 0.368. The molecule has 0 saturated carbocycles. The second-order valence-corrected chi connectivity index (χ2v) is 5.78. The molecule has 1 N–H and O–H groups in total. The molecule has 21 heavy (non-hydrogen) atoms. The average Bonchev–Trinajstić information content (AvgIpc) is 2.95. The van der Waals surface area contributed by atoms with E-state index >= 15 is 0 Å². The lowest BCUT2D eigenvalue weighted by molar-refractivity contribution is 0.472. The van der Waals surface area contributed by atoms with Gasteiger partial charge in [-0.1, -0.05) is 30.7 Å². The van der Waals surface area contributed by atoms with E-state index in [4.69, 9.17) is 4.74 Å². The first kappa shape index (κ1) is 14.2. The number of rotatable bonds is 5. The fourth-order valence-electron chi connectivity index (χ4n) is 2.94. The quantitative estimate of drug-likeness (QED) is 0.878. The first-order chi connectivity index (χ1) is 10.3. The summed E-state index contributed by atoms with van der Waals surface area (Å²) in [6.45, 7) is 6.05. The van der Waals surface area contributed by atoms with E-state index in [0.29, 0.717) is 0 Å². The van der Waals surface area contributed by atoms with Crippen molar-refractivity contribution >= 4 is 0 Å². The second kappa shape index (κ2) is 6.31. The monoisotopic (exact) mass is 281 g/mol. The summed E-state index contributed by atoms with van der Waals surface area (Å²) in [4.78, 5) is 0. The summed E-state index contributed by atoms with van der Waals surface area (Å²) < 4.78 is 6.15. The third kappa shape index (κ3) is 3.27. The third-order valence-electron chi connectivity index (χ3n) is 4.08. The van der Waals surface area contributed by atoms with Crippen molar-refractivity contribution < 1.29 is 4.74 Å². The Morgan fingerprint density at radius 1 is 1.05 bits per heavy atom. The summed E-state index contributed by atoms with van der Waals surface area (Å²) in [6.07, 6.45) is 3.67. The van der Waals surface area contributed by atoms with Crippen molar-refractivity contribution in [3.05, 3.63) is 58.7 Å². The molecule has 0 amide bonds. The molecule has 0 bridgehead atoms. The highest BCUT2D eigenvalue weighted by Gasteiger charge is 2.12. The molecule has 0 spiro atoms. The highest BCUT2D eigenvalue weighted by Crippen LogP contribution is 2.30. The largest absolute Gasteiger partial charge is 0.457 e. The van der Waals surface area contributed by atoms with Crippen LogP contribution >= 0.6 is 0 Å². The van der Waals surface area contributed by atoms with Crippen molar-refractivity contribution in [1.82, 2.24) is 5.32 Å². The van der Waals surface area contributed by atoms with Crippen LogP contribution in [0.1, 0.15) is 35.6 Å². The second-order valence-electron chi connectivity index (χ2n) is 5.78. The summed E-state index contributed by atoms with van der Waals surface area (Å²) in [5.41, 5.74) is 5.42. The highest BCUT2D eigenvalue weighted by atomic mass is 16.5. The summed E-state index contributed by atoms with van der Waals surface area (Å²) in [5.74, 6) is 1.91. The van der Waals surface area contributed by atoms with Crippen molar-refractivity contribution in [2.45, 2.75) is 39.7 Å². The molecule has 2 heteroatoms. The molecule has 110 valence electrons. The Kier molecular flexibility index (Phi) is 4.26. The van der Waals surface area contributed by atoms with E-state index in [9.17, 15) is 0 Å². The van der Waals surface area contributed by atoms with Crippen LogP contribution in [0.15, 0.2) is 36.4 Å². The predicted molar refractivity (Wildman–Crippen MR) is 87.1 cm³/mol. The summed E-state index contributed by atoms with van der Waals surface area (Å²) >= 11 is 0. The van der Waals surface area contributed by atoms with E-state index in [1.165, 1.54) is 41.5 Å². The van der Waals surface area contributed by atoms with Crippen molar-refractivity contribution in [3.63, 3.8) is 0 Å². The van der Waals surface area contributed by atoms with Crippen LogP contribution in [0.4, 0.5) is 0 Å². The molecule has 0 atom stereocenters. The smallest absolute Gasteiger partial charge is 0.131 e. The maximum absolute atomic E-state index is 6.15. The van der Waals surface area contributed by atoms with Gasteiger partial charge in [0.15, 0.2) is 0 Å². The molecule has 2 aromatic rings.